The summed E-state index contributed by atoms with van der Waals surface area (Å²) in [5, 5.41) is 2.38. The van der Waals surface area contributed by atoms with Crippen LogP contribution in [0.2, 0.25) is 0 Å². The Balaban J connectivity index is 1.41. The maximum absolute atomic E-state index is 14.4. The first-order chi connectivity index (χ1) is 14.6. The summed E-state index contributed by atoms with van der Waals surface area (Å²) >= 11 is 0. The first-order valence-electron chi connectivity index (χ1n) is 10.6. The van der Waals surface area contributed by atoms with Crippen LogP contribution in [0.15, 0.2) is 18.2 Å². The monoisotopic (exact) mass is 451 g/mol. The normalized spacial score (nSPS) is 23.3. The summed E-state index contributed by atoms with van der Waals surface area (Å²) in [6, 6.07) is 3.17. The van der Waals surface area contributed by atoms with Gasteiger partial charge in [0.25, 0.3) is 5.91 Å². The van der Waals surface area contributed by atoms with Gasteiger partial charge in [-0.05, 0) is 56.7 Å². The highest BCUT2D eigenvalue weighted by molar-refractivity contribution is 5.79. The van der Waals surface area contributed by atoms with Crippen LogP contribution < -0.4 is 10.2 Å². The Morgan fingerprint density at radius 3 is 2.29 bits per heavy atom. The van der Waals surface area contributed by atoms with Crippen molar-refractivity contribution < 1.29 is 31.1 Å². The smallest absolute Gasteiger partial charge is 0.367 e. The molecule has 10 heteroatoms. The van der Waals surface area contributed by atoms with Crippen LogP contribution in [0.5, 0.6) is 0 Å². The van der Waals surface area contributed by atoms with Gasteiger partial charge < -0.3 is 10.2 Å². The predicted octanol–water partition coefficient (Wildman–Crippen LogP) is 4.30. The van der Waals surface area contributed by atoms with E-state index in [2.05, 4.69) is 10.2 Å². The Morgan fingerprint density at radius 2 is 1.71 bits per heavy atom. The lowest BCUT2D eigenvalue weighted by molar-refractivity contribution is -0.140. The van der Waals surface area contributed by atoms with Crippen molar-refractivity contribution in [3.63, 3.8) is 0 Å². The first-order valence-corrected chi connectivity index (χ1v) is 10.6. The summed E-state index contributed by atoms with van der Waals surface area (Å²) < 4.78 is 77.8. The van der Waals surface area contributed by atoms with Crippen LogP contribution in [0.1, 0.15) is 37.7 Å². The van der Waals surface area contributed by atoms with Crippen LogP contribution >= 0.6 is 0 Å². The number of anilines is 1. The summed E-state index contributed by atoms with van der Waals surface area (Å²) in [6.07, 6.45) is -3.66. The first kappa shape index (κ1) is 23.7. The molecule has 2 aliphatic rings. The van der Waals surface area contributed by atoms with E-state index in [1.165, 1.54) is 12.1 Å². The minimum absolute atomic E-state index is 0.0151. The molecular weight excluding hydrogens is 424 g/mol. The van der Waals surface area contributed by atoms with Gasteiger partial charge in [-0.3, -0.25) is 9.69 Å². The van der Waals surface area contributed by atoms with E-state index in [0.29, 0.717) is 44.9 Å². The van der Waals surface area contributed by atoms with Crippen LogP contribution in [-0.2, 0) is 11.0 Å². The Bertz CT molecular complexity index is 741. The van der Waals surface area contributed by atoms with Crippen molar-refractivity contribution in [2.45, 2.75) is 50.7 Å². The maximum Gasteiger partial charge on any atom is 0.419 e. The minimum atomic E-state index is -4.72. The number of amides is 1. The molecule has 0 bridgehead atoms. The van der Waals surface area contributed by atoms with E-state index in [4.69, 9.17) is 0 Å². The number of alkyl halides is 5. The van der Waals surface area contributed by atoms with Gasteiger partial charge in [-0.15, -0.1) is 0 Å². The number of hydrogen-bond donors (Lipinski definition) is 1. The Labute approximate surface area is 177 Å². The SMILES string of the molecule is O=C(NC1CCC(CCN2CCN(c3cccc(C(F)(F)F)c3F)CC2)CC1)C(F)F. The number of piperazine rings is 1. The molecule has 1 amide bonds. The molecule has 1 N–H and O–H groups in total. The molecule has 31 heavy (non-hydrogen) atoms. The summed E-state index contributed by atoms with van der Waals surface area (Å²) in [5.74, 6) is -1.98. The van der Waals surface area contributed by atoms with E-state index >= 15 is 0 Å². The van der Waals surface area contributed by atoms with Crippen LogP contribution in [-0.4, -0.2) is 56.0 Å². The van der Waals surface area contributed by atoms with Crippen LogP contribution in [0.3, 0.4) is 0 Å². The minimum Gasteiger partial charge on any atom is -0.367 e. The van der Waals surface area contributed by atoms with Crippen molar-refractivity contribution >= 4 is 11.6 Å². The maximum atomic E-state index is 14.4. The second-order valence-corrected chi connectivity index (χ2v) is 8.28. The number of carbonyl (C=O) groups is 1. The standard InChI is InChI=1S/C21H27F6N3O/c22-18-16(21(25,26)27)2-1-3-17(18)30-12-10-29(11-13-30)9-8-14-4-6-15(7-5-14)28-20(31)19(23)24/h1-3,14-15,19H,4-13H2,(H,28,31). The third kappa shape index (κ3) is 6.27. The van der Waals surface area contributed by atoms with E-state index in [-0.39, 0.29) is 11.7 Å². The summed E-state index contributed by atoms with van der Waals surface area (Å²) in [5.41, 5.74) is -1.26. The predicted molar refractivity (Wildman–Crippen MR) is 105 cm³/mol. The van der Waals surface area contributed by atoms with E-state index < -0.39 is 29.9 Å². The van der Waals surface area contributed by atoms with E-state index in [1.54, 1.807) is 4.90 Å². The molecule has 1 heterocycles. The fraction of sp³-hybridized carbons (Fsp3) is 0.667. The fourth-order valence-electron chi connectivity index (χ4n) is 4.42. The number of halogens is 6. The molecule has 1 aromatic rings. The Hall–Kier alpha value is -1.97. The van der Waals surface area contributed by atoms with Gasteiger partial charge in [-0.25, -0.2) is 4.39 Å². The van der Waals surface area contributed by atoms with Crippen molar-refractivity contribution in [3.05, 3.63) is 29.6 Å². The molecule has 3 rings (SSSR count). The van der Waals surface area contributed by atoms with E-state index in [1.807, 2.05) is 0 Å². The topological polar surface area (TPSA) is 35.6 Å². The average Bonchev–Trinajstić information content (AvgIpc) is 2.73. The molecule has 174 valence electrons. The zero-order valence-electron chi connectivity index (χ0n) is 17.1. The third-order valence-electron chi connectivity index (χ3n) is 6.24. The van der Waals surface area contributed by atoms with Gasteiger partial charge in [0.15, 0.2) is 5.82 Å². The lowest BCUT2D eigenvalue weighted by Crippen LogP contribution is -2.47. The van der Waals surface area contributed by atoms with Crippen LogP contribution in [0.25, 0.3) is 0 Å². The Morgan fingerprint density at radius 1 is 1.06 bits per heavy atom. The van der Waals surface area contributed by atoms with Gasteiger partial charge in [0.05, 0.1) is 11.3 Å². The lowest BCUT2D eigenvalue weighted by atomic mass is 9.84. The van der Waals surface area contributed by atoms with Crippen LogP contribution in [0, 0.1) is 11.7 Å². The molecule has 1 aliphatic heterocycles. The van der Waals surface area contributed by atoms with Crippen molar-refractivity contribution in [2.75, 3.05) is 37.6 Å². The van der Waals surface area contributed by atoms with Crippen molar-refractivity contribution in [1.82, 2.24) is 10.2 Å². The van der Waals surface area contributed by atoms with Crippen molar-refractivity contribution in [3.8, 4) is 0 Å². The molecule has 0 unspecified atom stereocenters. The molecule has 0 radical (unpaired) electrons. The number of benzene rings is 1. The van der Waals surface area contributed by atoms with Crippen LogP contribution in [0.4, 0.5) is 32.0 Å². The van der Waals surface area contributed by atoms with Crippen molar-refractivity contribution in [2.24, 2.45) is 5.92 Å². The number of nitrogens with zero attached hydrogens (tertiary/aromatic N) is 2. The van der Waals surface area contributed by atoms with E-state index in [9.17, 15) is 31.1 Å². The molecule has 1 saturated heterocycles. The zero-order chi connectivity index (χ0) is 22.6. The molecule has 1 aromatic carbocycles. The fourth-order valence-corrected chi connectivity index (χ4v) is 4.42. The summed E-state index contributed by atoms with van der Waals surface area (Å²) in [7, 11) is 0. The molecule has 0 aromatic heterocycles. The molecule has 0 atom stereocenters. The molecule has 1 aliphatic carbocycles. The second-order valence-electron chi connectivity index (χ2n) is 8.28. The van der Waals surface area contributed by atoms with Gasteiger partial charge in [0.1, 0.15) is 0 Å². The highest BCUT2D eigenvalue weighted by Crippen LogP contribution is 2.35. The second kappa shape index (κ2) is 10.1. The summed E-state index contributed by atoms with van der Waals surface area (Å²) in [4.78, 5) is 15.0. The average molecular weight is 451 g/mol. The number of rotatable bonds is 6. The van der Waals surface area contributed by atoms with Gasteiger partial charge >= 0.3 is 12.6 Å². The lowest BCUT2D eigenvalue weighted by Gasteiger charge is -2.37. The third-order valence-corrected chi connectivity index (χ3v) is 6.24. The molecule has 4 nitrogen and oxygen atoms in total. The zero-order valence-corrected chi connectivity index (χ0v) is 17.1. The van der Waals surface area contributed by atoms with Gasteiger partial charge in [-0.2, -0.15) is 22.0 Å². The quantitative estimate of drug-likeness (QED) is 0.656. The number of carbonyl (C=O) groups excluding carboxylic acids is 1. The largest absolute Gasteiger partial charge is 0.419 e. The van der Waals surface area contributed by atoms with Gasteiger partial charge in [0, 0.05) is 32.2 Å². The summed E-state index contributed by atoms with van der Waals surface area (Å²) in [6.45, 7) is 3.00. The highest BCUT2D eigenvalue weighted by atomic mass is 19.4. The highest BCUT2D eigenvalue weighted by Gasteiger charge is 2.36. The molecular formula is C21H27F6N3O. The number of hydrogen-bond acceptors (Lipinski definition) is 3. The van der Waals surface area contributed by atoms with E-state index in [0.717, 1.165) is 31.9 Å². The number of nitrogens with one attached hydrogen (secondary N) is 1. The van der Waals surface area contributed by atoms with Gasteiger partial charge in [0.2, 0.25) is 0 Å². The molecule has 2 fully saturated rings. The molecule has 1 saturated carbocycles. The molecule has 0 spiro atoms. The van der Waals surface area contributed by atoms with Gasteiger partial charge in [-0.1, -0.05) is 6.07 Å². The van der Waals surface area contributed by atoms with Crippen molar-refractivity contribution in [1.29, 1.82) is 0 Å². The Kier molecular flexibility index (Phi) is 7.72.